The van der Waals surface area contributed by atoms with Gasteiger partial charge in [-0.2, -0.15) is 0 Å². The van der Waals surface area contributed by atoms with Gasteiger partial charge in [0.1, 0.15) is 5.82 Å². The first-order valence-corrected chi connectivity index (χ1v) is 5.43. The second kappa shape index (κ2) is 4.61. The third kappa shape index (κ3) is 2.58. The van der Waals surface area contributed by atoms with E-state index >= 15 is 0 Å². The molecule has 2 atom stereocenters. The number of halogens is 1. The van der Waals surface area contributed by atoms with Crippen LogP contribution < -0.4 is 10.6 Å². The molecule has 1 amide bonds. The first-order chi connectivity index (χ1) is 7.65. The van der Waals surface area contributed by atoms with Crippen LogP contribution in [-0.2, 0) is 4.79 Å². The summed E-state index contributed by atoms with van der Waals surface area (Å²) in [6, 6.07) is 6.71. The average Bonchev–Trinajstić information content (AvgIpc) is 2.64. The first-order valence-electron chi connectivity index (χ1n) is 5.43. The highest BCUT2D eigenvalue weighted by atomic mass is 19.1. The molecule has 1 aromatic rings. The molecule has 0 saturated carbocycles. The maximum atomic E-state index is 13.0. The van der Waals surface area contributed by atoms with Gasteiger partial charge in [-0.3, -0.25) is 4.79 Å². The molecule has 2 rings (SSSR count). The molecule has 1 aliphatic heterocycles. The highest BCUT2D eigenvalue weighted by Crippen LogP contribution is 2.15. The molecule has 3 nitrogen and oxygen atoms in total. The van der Waals surface area contributed by atoms with Gasteiger partial charge in [0, 0.05) is 25.0 Å². The lowest BCUT2D eigenvalue weighted by atomic mass is 10.1. The number of amides is 1. The molecule has 1 aromatic carbocycles. The Morgan fingerprint density at radius 2 is 2.38 bits per heavy atom. The predicted octanol–water partition coefficient (Wildman–Crippen LogP) is 1.36. The van der Waals surface area contributed by atoms with Crippen molar-refractivity contribution < 1.29 is 9.18 Å². The lowest BCUT2D eigenvalue weighted by Crippen LogP contribution is -2.33. The number of benzene rings is 1. The van der Waals surface area contributed by atoms with Crippen LogP contribution in [0.25, 0.3) is 0 Å². The Balaban J connectivity index is 1.97. The van der Waals surface area contributed by atoms with Crippen molar-refractivity contribution in [3.8, 4) is 0 Å². The number of carbonyl (C=O) groups excluding carboxylic acids is 1. The van der Waals surface area contributed by atoms with Gasteiger partial charge in [0.15, 0.2) is 0 Å². The molecule has 0 aliphatic carbocycles. The van der Waals surface area contributed by atoms with E-state index in [-0.39, 0.29) is 23.8 Å². The van der Waals surface area contributed by atoms with E-state index in [1.54, 1.807) is 6.07 Å². The van der Waals surface area contributed by atoms with Gasteiger partial charge >= 0.3 is 0 Å². The van der Waals surface area contributed by atoms with Crippen molar-refractivity contribution in [3.63, 3.8) is 0 Å². The molecule has 2 N–H and O–H groups in total. The summed E-state index contributed by atoms with van der Waals surface area (Å²) in [7, 11) is 0. The van der Waals surface area contributed by atoms with Crippen molar-refractivity contribution in [3.05, 3.63) is 35.6 Å². The molecule has 1 fully saturated rings. The third-order valence-electron chi connectivity index (χ3n) is 2.81. The highest BCUT2D eigenvalue weighted by molar-refractivity contribution is 5.78. The number of rotatable bonds is 3. The Hall–Kier alpha value is -1.42. The fraction of sp³-hybridized carbons (Fsp3) is 0.417. The maximum absolute atomic E-state index is 13.0. The molecule has 2 unspecified atom stereocenters. The van der Waals surface area contributed by atoms with Crippen molar-refractivity contribution in [2.24, 2.45) is 0 Å². The zero-order valence-corrected chi connectivity index (χ0v) is 9.16. The van der Waals surface area contributed by atoms with Crippen molar-refractivity contribution >= 4 is 5.91 Å². The minimum absolute atomic E-state index is 0.0494. The summed E-state index contributed by atoms with van der Waals surface area (Å²) in [4.78, 5) is 11.0. The molecule has 0 aromatic heterocycles. The summed E-state index contributed by atoms with van der Waals surface area (Å²) >= 11 is 0. The molecule has 0 bridgehead atoms. The fourth-order valence-corrected chi connectivity index (χ4v) is 1.95. The Labute approximate surface area is 94.0 Å². The van der Waals surface area contributed by atoms with Gasteiger partial charge in [0.05, 0.1) is 0 Å². The number of hydrogen-bond acceptors (Lipinski definition) is 2. The summed E-state index contributed by atoms with van der Waals surface area (Å²) in [5, 5.41) is 6.07. The molecular weight excluding hydrogens is 207 g/mol. The van der Waals surface area contributed by atoms with Gasteiger partial charge in [-0.05, 0) is 24.6 Å². The summed E-state index contributed by atoms with van der Waals surface area (Å²) in [6.07, 6.45) is 0.500. The summed E-state index contributed by atoms with van der Waals surface area (Å²) in [5.74, 6) is -0.157. The predicted molar refractivity (Wildman–Crippen MR) is 59.4 cm³/mol. The average molecular weight is 222 g/mol. The molecular formula is C12H15FN2O. The smallest absolute Gasteiger partial charge is 0.221 e. The van der Waals surface area contributed by atoms with Crippen molar-refractivity contribution in [1.82, 2.24) is 10.6 Å². The van der Waals surface area contributed by atoms with E-state index in [4.69, 9.17) is 0 Å². The van der Waals surface area contributed by atoms with Crippen LogP contribution in [0.15, 0.2) is 24.3 Å². The normalized spacial score (nSPS) is 21.9. The monoisotopic (exact) mass is 222 g/mol. The van der Waals surface area contributed by atoms with E-state index in [0.717, 1.165) is 5.56 Å². The molecule has 16 heavy (non-hydrogen) atoms. The topological polar surface area (TPSA) is 41.1 Å². The minimum atomic E-state index is -0.230. The Bertz CT molecular complexity index is 394. The zero-order chi connectivity index (χ0) is 11.5. The van der Waals surface area contributed by atoms with Gasteiger partial charge < -0.3 is 10.6 Å². The lowest BCUT2D eigenvalue weighted by Gasteiger charge is -2.18. The number of hydrogen-bond donors (Lipinski definition) is 2. The van der Waals surface area contributed by atoms with Crippen LogP contribution in [0.3, 0.4) is 0 Å². The molecule has 1 saturated heterocycles. The van der Waals surface area contributed by atoms with Gasteiger partial charge in [-0.25, -0.2) is 4.39 Å². The van der Waals surface area contributed by atoms with Crippen LogP contribution in [0.4, 0.5) is 4.39 Å². The number of nitrogens with one attached hydrogen (secondary N) is 2. The number of carbonyl (C=O) groups is 1. The Morgan fingerprint density at radius 1 is 1.56 bits per heavy atom. The standard InChI is InChI=1S/C12H15FN2O/c1-8(9-3-2-4-10(13)5-9)15-11-6-12(16)14-7-11/h2-5,8,11,15H,6-7H2,1H3,(H,14,16). The van der Waals surface area contributed by atoms with E-state index in [9.17, 15) is 9.18 Å². The van der Waals surface area contributed by atoms with Gasteiger partial charge in [0.2, 0.25) is 5.91 Å². The third-order valence-corrected chi connectivity index (χ3v) is 2.81. The summed E-state index contributed by atoms with van der Waals surface area (Å²) in [6.45, 7) is 2.62. The van der Waals surface area contributed by atoms with E-state index in [1.807, 2.05) is 13.0 Å². The molecule has 86 valence electrons. The van der Waals surface area contributed by atoms with Gasteiger partial charge in [0.25, 0.3) is 0 Å². The van der Waals surface area contributed by atoms with Crippen molar-refractivity contribution in [2.45, 2.75) is 25.4 Å². The quantitative estimate of drug-likeness (QED) is 0.811. The first kappa shape index (κ1) is 11.1. The molecule has 1 aliphatic rings. The minimum Gasteiger partial charge on any atom is -0.354 e. The Kier molecular flexibility index (Phi) is 3.19. The lowest BCUT2D eigenvalue weighted by molar-refractivity contribution is -0.119. The molecule has 1 heterocycles. The SMILES string of the molecule is CC(NC1CNC(=O)C1)c1cccc(F)c1. The largest absolute Gasteiger partial charge is 0.354 e. The molecule has 0 radical (unpaired) electrons. The van der Waals surface area contributed by atoms with Crippen molar-refractivity contribution in [1.29, 1.82) is 0 Å². The van der Waals surface area contributed by atoms with E-state index < -0.39 is 0 Å². The van der Waals surface area contributed by atoms with Crippen LogP contribution in [0.1, 0.15) is 24.9 Å². The van der Waals surface area contributed by atoms with E-state index in [1.165, 1.54) is 12.1 Å². The molecule has 4 heteroatoms. The fourth-order valence-electron chi connectivity index (χ4n) is 1.95. The van der Waals surface area contributed by atoms with Crippen LogP contribution >= 0.6 is 0 Å². The van der Waals surface area contributed by atoms with Crippen LogP contribution in [0.2, 0.25) is 0 Å². The molecule has 0 spiro atoms. The van der Waals surface area contributed by atoms with Crippen LogP contribution in [0, 0.1) is 5.82 Å². The van der Waals surface area contributed by atoms with Crippen molar-refractivity contribution in [2.75, 3.05) is 6.54 Å². The van der Waals surface area contributed by atoms with E-state index in [2.05, 4.69) is 10.6 Å². The van der Waals surface area contributed by atoms with Crippen LogP contribution in [0.5, 0.6) is 0 Å². The highest BCUT2D eigenvalue weighted by Gasteiger charge is 2.22. The van der Waals surface area contributed by atoms with Gasteiger partial charge in [-0.1, -0.05) is 12.1 Å². The van der Waals surface area contributed by atoms with E-state index in [0.29, 0.717) is 13.0 Å². The second-order valence-corrected chi connectivity index (χ2v) is 4.15. The maximum Gasteiger partial charge on any atom is 0.221 e. The summed E-state index contributed by atoms with van der Waals surface area (Å²) < 4.78 is 13.0. The summed E-state index contributed by atoms with van der Waals surface area (Å²) in [5.41, 5.74) is 0.902. The van der Waals surface area contributed by atoms with Gasteiger partial charge in [-0.15, -0.1) is 0 Å². The van der Waals surface area contributed by atoms with Crippen LogP contribution in [-0.4, -0.2) is 18.5 Å². The second-order valence-electron chi connectivity index (χ2n) is 4.15. The zero-order valence-electron chi connectivity index (χ0n) is 9.16. The Morgan fingerprint density at radius 3 is 3.00 bits per heavy atom.